The summed E-state index contributed by atoms with van der Waals surface area (Å²) in [5, 5.41) is 3.33. The summed E-state index contributed by atoms with van der Waals surface area (Å²) in [5.41, 5.74) is 7.70. The predicted octanol–water partition coefficient (Wildman–Crippen LogP) is 2.46. The highest BCUT2D eigenvalue weighted by Crippen LogP contribution is 2.25. The number of halogens is 1. The minimum atomic E-state index is -0.449. The summed E-state index contributed by atoms with van der Waals surface area (Å²) in [5.74, 6) is 0.0299. The minimum absolute atomic E-state index is 0.000502. The first-order valence-corrected chi connectivity index (χ1v) is 9.21. The number of nitrogens with two attached hydrogens (primary N) is 1. The van der Waals surface area contributed by atoms with Gasteiger partial charge in [0.1, 0.15) is 11.9 Å². The van der Waals surface area contributed by atoms with Crippen LogP contribution in [-0.4, -0.2) is 43.0 Å². The number of carbonyl (C=O) groups excluding carboxylic acids is 1. The third-order valence-corrected chi connectivity index (χ3v) is 4.68. The van der Waals surface area contributed by atoms with Gasteiger partial charge in [-0.15, -0.1) is 0 Å². The van der Waals surface area contributed by atoms with Crippen LogP contribution in [-0.2, 0) is 11.3 Å². The van der Waals surface area contributed by atoms with Crippen molar-refractivity contribution >= 4 is 11.9 Å². The summed E-state index contributed by atoms with van der Waals surface area (Å²) in [7, 11) is 1.73. The van der Waals surface area contributed by atoms with E-state index in [1.54, 1.807) is 37.4 Å². The molecular weight excluding hydrogens is 359 g/mol. The Morgan fingerprint density at radius 2 is 2.04 bits per heavy atom. The monoisotopic (exact) mass is 384 g/mol. The van der Waals surface area contributed by atoms with Gasteiger partial charge in [0.25, 0.3) is 0 Å². The third-order valence-electron chi connectivity index (χ3n) is 4.68. The van der Waals surface area contributed by atoms with Gasteiger partial charge in [-0.25, -0.2) is 4.39 Å². The average Bonchev–Trinajstić information content (AvgIpc) is 2.69. The zero-order valence-electron chi connectivity index (χ0n) is 16.1. The van der Waals surface area contributed by atoms with E-state index in [2.05, 4.69) is 15.2 Å². The van der Waals surface area contributed by atoms with Crippen LogP contribution < -0.4 is 11.1 Å². The number of carbonyl (C=O) groups is 1. The van der Waals surface area contributed by atoms with Gasteiger partial charge >= 0.3 is 0 Å². The first-order valence-electron chi connectivity index (χ1n) is 9.21. The molecule has 1 fully saturated rings. The summed E-state index contributed by atoms with van der Waals surface area (Å²) < 4.78 is 19.3. The van der Waals surface area contributed by atoms with Crippen molar-refractivity contribution in [2.24, 2.45) is 10.7 Å². The lowest BCUT2D eigenvalue weighted by Crippen LogP contribution is -2.50. The van der Waals surface area contributed by atoms with E-state index >= 15 is 0 Å². The molecule has 3 rings (SSSR count). The number of nitrogens with one attached hydrogen (secondary N) is 1. The van der Waals surface area contributed by atoms with Crippen LogP contribution in [0.2, 0.25) is 0 Å². The molecule has 1 aliphatic heterocycles. The molecule has 7 heteroatoms. The second-order valence-electron chi connectivity index (χ2n) is 6.86. The van der Waals surface area contributed by atoms with E-state index in [-0.39, 0.29) is 18.0 Å². The SMILES string of the molecule is CN=C(NCc1cccc(C(N)=O)c1)N1CC(C)OC(c2ccc(F)cc2)C1. The fraction of sp³-hybridized carbons (Fsp3) is 0.333. The van der Waals surface area contributed by atoms with Gasteiger partial charge in [-0.3, -0.25) is 9.79 Å². The molecule has 28 heavy (non-hydrogen) atoms. The van der Waals surface area contributed by atoms with Crippen molar-refractivity contribution in [3.05, 3.63) is 71.0 Å². The predicted molar refractivity (Wildman–Crippen MR) is 106 cm³/mol. The lowest BCUT2D eigenvalue weighted by Gasteiger charge is -2.38. The van der Waals surface area contributed by atoms with Gasteiger partial charge in [0.2, 0.25) is 5.91 Å². The number of benzene rings is 2. The molecule has 1 heterocycles. The lowest BCUT2D eigenvalue weighted by molar-refractivity contribution is -0.0605. The summed E-state index contributed by atoms with van der Waals surface area (Å²) in [6, 6.07) is 13.6. The second kappa shape index (κ2) is 8.84. The highest BCUT2D eigenvalue weighted by Gasteiger charge is 2.28. The zero-order chi connectivity index (χ0) is 20.1. The normalized spacial score (nSPS) is 20.1. The lowest BCUT2D eigenvalue weighted by atomic mass is 10.1. The highest BCUT2D eigenvalue weighted by atomic mass is 19.1. The zero-order valence-corrected chi connectivity index (χ0v) is 16.1. The van der Waals surface area contributed by atoms with Gasteiger partial charge in [-0.1, -0.05) is 24.3 Å². The van der Waals surface area contributed by atoms with Gasteiger partial charge in [-0.2, -0.15) is 0 Å². The van der Waals surface area contributed by atoms with Crippen LogP contribution in [0.15, 0.2) is 53.5 Å². The molecule has 2 aromatic rings. The van der Waals surface area contributed by atoms with E-state index in [0.717, 1.165) is 17.1 Å². The minimum Gasteiger partial charge on any atom is -0.367 e. The maximum atomic E-state index is 13.2. The van der Waals surface area contributed by atoms with Crippen LogP contribution in [0.3, 0.4) is 0 Å². The topological polar surface area (TPSA) is 79.9 Å². The summed E-state index contributed by atoms with van der Waals surface area (Å²) >= 11 is 0. The molecule has 6 nitrogen and oxygen atoms in total. The molecule has 2 atom stereocenters. The van der Waals surface area contributed by atoms with Crippen molar-refractivity contribution in [1.29, 1.82) is 0 Å². The standard InChI is InChI=1S/C21H25FN4O2/c1-14-12-26(13-19(28-14)16-6-8-18(22)9-7-16)21(24-2)25-11-15-4-3-5-17(10-15)20(23)27/h3-10,14,19H,11-13H2,1-2H3,(H2,23,27)(H,24,25). The first kappa shape index (κ1) is 19.8. The highest BCUT2D eigenvalue weighted by molar-refractivity contribution is 5.92. The van der Waals surface area contributed by atoms with Crippen molar-refractivity contribution in [2.75, 3.05) is 20.1 Å². The molecule has 3 N–H and O–H groups in total. The van der Waals surface area contributed by atoms with Crippen molar-refractivity contribution in [2.45, 2.75) is 25.7 Å². The van der Waals surface area contributed by atoms with Crippen LogP contribution in [0.1, 0.15) is 34.5 Å². The summed E-state index contributed by atoms with van der Waals surface area (Å²) in [6.45, 7) is 3.82. The Kier molecular flexibility index (Phi) is 6.26. The number of morpholine rings is 1. The molecule has 1 saturated heterocycles. The number of hydrogen-bond acceptors (Lipinski definition) is 3. The summed E-state index contributed by atoms with van der Waals surface area (Å²) in [6.07, 6.45) is -0.165. The molecule has 148 valence electrons. The van der Waals surface area contributed by atoms with Crippen molar-refractivity contribution in [1.82, 2.24) is 10.2 Å². The number of nitrogens with zero attached hydrogens (tertiary/aromatic N) is 2. The molecule has 2 aromatic carbocycles. The van der Waals surface area contributed by atoms with Gasteiger partial charge in [0, 0.05) is 25.7 Å². The number of primary amides is 1. The Bertz CT molecular complexity index is 854. The Hall–Kier alpha value is -2.93. The maximum absolute atomic E-state index is 13.2. The molecule has 0 radical (unpaired) electrons. The number of ether oxygens (including phenoxy) is 1. The molecule has 1 amide bonds. The number of rotatable bonds is 4. The van der Waals surface area contributed by atoms with E-state index in [4.69, 9.17) is 10.5 Å². The molecule has 0 aromatic heterocycles. The van der Waals surface area contributed by atoms with Crippen molar-refractivity contribution < 1.29 is 13.9 Å². The molecule has 0 spiro atoms. The van der Waals surface area contributed by atoms with Gasteiger partial charge < -0.3 is 20.7 Å². The number of hydrogen-bond donors (Lipinski definition) is 2. The molecule has 0 aliphatic carbocycles. The van der Waals surface area contributed by atoms with E-state index in [0.29, 0.717) is 25.2 Å². The number of guanidine groups is 1. The first-order chi connectivity index (χ1) is 13.5. The smallest absolute Gasteiger partial charge is 0.248 e. The Balaban J connectivity index is 1.68. The molecule has 2 unspecified atom stereocenters. The van der Waals surface area contributed by atoms with E-state index in [9.17, 15) is 9.18 Å². The van der Waals surface area contributed by atoms with Gasteiger partial charge in [0.05, 0.1) is 12.6 Å². The Labute approximate surface area is 164 Å². The van der Waals surface area contributed by atoms with Gasteiger partial charge in [0.15, 0.2) is 5.96 Å². The maximum Gasteiger partial charge on any atom is 0.248 e. The van der Waals surface area contributed by atoms with E-state index < -0.39 is 5.91 Å². The Morgan fingerprint density at radius 1 is 1.29 bits per heavy atom. The van der Waals surface area contributed by atoms with Crippen molar-refractivity contribution in [3.8, 4) is 0 Å². The molecular formula is C21H25FN4O2. The average molecular weight is 384 g/mol. The van der Waals surface area contributed by atoms with Crippen LogP contribution in [0.4, 0.5) is 4.39 Å². The van der Waals surface area contributed by atoms with E-state index in [1.165, 1.54) is 12.1 Å². The quantitative estimate of drug-likeness (QED) is 0.627. The van der Waals surface area contributed by atoms with Gasteiger partial charge in [-0.05, 0) is 42.3 Å². The molecule has 1 aliphatic rings. The fourth-order valence-electron chi connectivity index (χ4n) is 3.33. The summed E-state index contributed by atoms with van der Waals surface area (Å²) in [4.78, 5) is 17.9. The third kappa shape index (κ3) is 4.86. The molecule has 0 saturated carbocycles. The Morgan fingerprint density at radius 3 is 2.71 bits per heavy atom. The van der Waals surface area contributed by atoms with Crippen LogP contribution in [0.5, 0.6) is 0 Å². The number of amides is 1. The van der Waals surface area contributed by atoms with Crippen LogP contribution >= 0.6 is 0 Å². The molecule has 0 bridgehead atoms. The van der Waals surface area contributed by atoms with Crippen LogP contribution in [0.25, 0.3) is 0 Å². The fourth-order valence-corrected chi connectivity index (χ4v) is 3.33. The second-order valence-corrected chi connectivity index (χ2v) is 6.86. The van der Waals surface area contributed by atoms with E-state index in [1.807, 2.05) is 13.0 Å². The van der Waals surface area contributed by atoms with Crippen LogP contribution in [0, 0.1) is 5.82 Å². The number of aliphatic imine (C=N–C) groups is 1. The largest absolute Gasteiger partial charge is 0.367 e. The van der Waals surface area contributed by atoms with Crippen molar-refractivity contribution in [3.63, 3.8) is 0 Å².